The van der Waals surface area contributed by atoms with Crippen molar-refractivity contribution in [1.29, 1.82) is 0 Å². The summed E-state index contributed by atoms with van der Waals surface area (Å²) in [6, 6.07) is 5.89. The van der Waals surface area contributed by atoms with E-state index in [0.29, 0.717) is 12.1 Å². The fraction of sp³-hybridized carbons (Fsp3) is 0.231. The number of ketones is 1. The molecule has 106 valence electrons. The molecular weight excluding hydrogens is 280 g/mol. The number of nitrogens with zero attached hydrogens (tertiary/aromatic N) is 2. The summed E-state index contributed by atoms with van der Waals surface area (Å²) < 4.78 is 30.6. The summed E-state index contributed by atoms with van der Waals surface area (Å²) in [4.78, 5) is 14.9. The minimum absolute atomic E-state index is 0.0962. The lowest BCUT2D eigenvalue weighted by Crippen LogP contribution is -2.10. The van der Waals surface area contributed by atoms with Crippen LogP contribution in [0.25, 0.3) is 0 Å². The molecule has 0 unspecified atom stereocenters. The van der Waals surface area contributed by atoms with Crippen molar-refractivity contribution in [2.45, 2.75) is 25.4 Å². The smallest absolute Gasteiger partial charge is 0.358 e. The second-order valence-electron chi connectivity index (χ2n) is 4.16. The van der Waals surface area contributed by atoms with Gasteiger partial charge >= 0.3 is 10.1 Å². The Balaban J connectivity index is 2.21. The van der Waals surface area contributed by atoms with Gasteiger partial charge in [-0.05, 0) is 38.1 Å². The van der Waals surface area contributed by atoms with E-state index in [4.69, 9.17) is 4.18 Å². The van der Waals surface area contributed by atoms with Crippen molar-refractivity contribution in [3.63, 3.8) is 0 Å². The highest BCUT2D eigenvalue weighted by Crippen LogP contribution is 2.18. The molecule has 0 spiro atoms. The quantitative estimate of drug-likeness (QED) is 0.621. The van der Waals surface area contributed by atoms with Crippen molar-refractivity contribution in [3.05, 3.63) is 42.4 Å². The van der Waals surface area contributed by atoms with Crippen LogP contribution < -0.4 is 4.18 Å². The summed E-state index contributed by atoms with van der Waals surface area (Å²) in [5.74, 6) is 0.0437. The number of Topliss-reactive ketones (excluding diaryl/α,β-unsaturated/α-hetero) is 1. The van der Waals surface area contributed by atoms with Crippen LogP contribution in [0.1, 0.15) is 24.2 Å². The van der Waals surface area contributed by atoms with Gasteiger partial charge in [-0.1, -0.05) is 0 Å². The summed E-state index contributed by atoms with van der Waals surface area (Å²) in [5, 5.41) is -0.144. The number of rotatable bonds is 5. The summed E-state index contributed by atoms with van der Waals surface area (Å²) in [5.41, 5.74) is 0.491. The topological polar surface area (TPSA) is 78.3 Å². The van der Waals surface area contributed by atoms with Gasteiger partial charge in [0.25, 0.3) is 0 Å². The van der Waals surface area contributed by atoms with Gasteiger partial charge in [-0.2, -0.15) is 8.42 Å². The maximum atomic E-state index is 12.0. The first-order valence-corrected chi connectivity index (χ1v) is 7.40. The van der Waals surface area contributed by atoms with Gasteiger partial charge in [-0.25, -0.2) is 4.98 Å². The van der Waals surface area contributed by atoms with Gasteiger partial charge in [0.1, 0.15) is 5.75 Å². The van der Waals surface area contributed by atoms with E-state index in [2.05, 4.69) is 4.98 Å². The SMILES string of the molecule is CCn1cnc(S(=O)(=O)Oc2ccc(C(C)=O)cc2)c1. The van der Waals surface area contributed by atoms with E-state index in [1.807, 2.05) is 6.92 Å². The van der Waals surface area contributed by atoms with Crippen LogP contribution in [0.4, 0.5) is 0 Å². The first-order valence-electron chi connectivity index (χ1n) is 5.99. The fourth-order valence-electron chi connectivity index (χ4n) is 1.56. The van der Waals surface area contributed by atoms with Crippen molar-refractivity contribution in [2.24, 2.45) is 0 Å². The van der Waals surface area contributed by atoms with E-state index < -0.39 is 10.1 Å². The molecule has 2 aromatic rings. The average molecular weight is 294 g/mol. The molecule has 0 bridgehead atoms. The molecule has 20 heavy (non-hydrogen) atoms. The van der Waals surface area contributed by atoms with Crippen molar-refractivity contribution >= 4 is 15.9 Å². The van der Waals surface area contributed by atoms with Gasteiger partial charge in [0.05, 0.1) is 6.33 Å². The second-order valence-corrected chi connectivity index (χ2v) is 5.65. The lowest BCUT2D eigenvalue weighted by Gasteiger charge is -2.05. The highest BCUT2D eigenvalue weighted by molar-refractivity contribution is 7.87. The second kappa shape index (κ2) is 5.46. The molecule has 0 saturated heterocycles. The van der Waals surface area contributed by atoms with E-state index >= 15 is 0 Å². The summed E-state index contributed by atoms with van der Waals surface area (Å²) >= 11 is 0. The van der Waals surface area contributed by atoms with E-state index in [1.54, 1.807) is 4.57 Å². The minimum Gasteiger partial charge on any atom is -0.378 e. The number of benzene rings is 1. The molecule has 0 aliphatic rings. The Hall–Kier alpha value is -2.15. The Morgan fingerprint density at radius 2 is 1.95 bits per heavy atom. The molecule has 0 atom stereocenters. The zero-order valence-electron chi connectivity index (χ0n) is 11.1. The van der Waals surface area contributed by atoms with Gasteiger partial charge in [0, 0.05) is 18.3 Å². The Morgan fingerprint density at radius 3 is 2.45 bits per heavy atom. The summed E-state index contributed by atoms with van der Waals surface area (Å²) in [7, 11) is -3.95. The van der Waals surface area contributed by atoms with Gasteiger partial charge in [-0.3, -0.25) is 4.79 Å². The van der Waals surface area contributed by atoms with Crippen LogP contribution in [-0.2, 0) is 16.7 Å². The standard InChI is InChI=1S/C13H14N2O4S/c1-3-15-8-13(14-9-15)20(17,18)19-12-6-4-11(5-7-12)10(2)16/h4-9H,3H2,1-2H3. The Morgan fingerprint density at radius 1 is 1.30 bits per heavy atom. The Labute approximate surface area is 117 Å². The number of carbonyl (C=O) groups excluding carboxylic acids is 1. The van der Waals surface area contributed by atoms with Crippen LogP contribution in [0.2, 0.25) is 0 Å². The Bertz CT molecular complexity index is 717. The number of carbonyl (C=O) groups is 1. The lowest BCUT2D eigenvalue weighted by atomic mass is 10.1. The monoisotopic (exact) mass is 294 g/mol. The van der Waals surface area contributed by atoms with Gasteiger partial charge in [0.2, 0.25) is 5.03 Å². The zero-order valence-corrected chi connectivity index (χ0v) is 11.9. The number of aryl methyl sites for hydroxylation is 1. The van der Waals surface area contributed by atoms with Crippen molar-refractivity contribution in [2.75, 3.05) is 0 Å². The molecule has 0 aliphatic heterocycles. The largest absolute Gasteiger partial charge is 0.378 e. The molecule has 0 fully saturated rings. The molecule has 0 N–H and O–H groups in total. The van der Waals surface area contributed by atoms with Crippen LogP contribution in [0.3, 0.4) is 0 Å². The van der Waals surface area contributed by atoms with Crippen LogP contribution in [0, 0.1) is 0 Å². The highest BCUT2D eigenvalue weighted by atomic mass is 32.2. The predicted molar refractivity (Wildman–Crippen MR) is 72.2 cm³/mol. The van der Waals surface area contributed by atoms with Gasteiger partial charge in [-0.15, -0.1) is 0 Å². The molecule has 7 heteroatoms. The molecule has 1 aromatic carbocycles. The third kappa shape index (κ3) is 3.05. The molecule has 0 saturated carbocycles. The number of hydrogen-bond acceptors (Lipinski definition) is 5. The fourth-order valence-corrected chi connectivity index (χ4v) is 2.45. The zero-order chi connectivity index (χ0) is 14.8. The molecular formula is C13H14N2O4S. The van der Waals surface area contributed by atoms with Crippen LogP contribution in [0.5, 0.6) is 5.75 Å². The molecule has 1 aromatic heterocycles. The first kappa shape index (κ1) is 14.3. The summed E-state index contributed by atoms with van der Waals surface area (Å²) in [6.45, 7) is 3.93. The molecule has 1 heterocycles. The van der Waals surface area contributed by atoms with Crippen molar-refractivity contribution in [1.82, 2.24) is 9.55 Å². The first-order chi connectivity index (χ1) is 9.42. The van der Waals surface area contributed by atoms with E-state index in [-0.39, 0.29) is 16.6 Å². The molecule has 2 rings (SSSR count). The normalized spacial score (nSPS) is 11.3. The minimum atomic E-state index is -3.95. The van der Waals surface area contributed by atoms with Crippen LogP contribution in [0.15, 0.2) is 41.8 Å². The molecule has 0 radical (unpaired) electrons. The van der Waals surface area contributed by atoms with E-state index in [0.717, 1.165) is 0 Å². The van der Waals surface area contributed by atoms with Crippen LogP contribution in [-0.4, -0.2) is 23.8 Å². The number of hydrogen-bond donors (Lipinski definition) is 0. The predicted octanol–water partition coefficient (Wildman–Crippen LogP) is 1.87. The van der Waals surface area contributed by atoms with E-state index in [1.165, 1.54) is 43.7 Å². The molecule has 6 nitrogen and oxygen atoms in total. The molecule has 0 amide bonds. The molecule has 0 aliphatic carbocycles. The number of aromatic nitrogens is 2. The summed E-state index contributed by atoms with van der Waals surface area (Å²) in [6.07, 6.45) is 2.83. The number of imidazole rings is 1. The van der Waals surface area contributed by atoms with Crippen LogP contribution >= 0.6 is 0 Å². The average Bonchev–Trinajstić information content (AvgIpc) is 2.88. The van der Waals surface area contributed by atoms with Gasteiger partial charge < -0.3 is 8.75 Å². The van der Waals surface area contributed by atoms with Gasteiger partial charge in [0.15, 0.2) is 5.78 Å². The lowest BCUT2D eigenvalue weighted by molar-refractivity contribution is 0.101. The highest BCUT2D eigenvalue weighted by Gasteiger charge is 2.19. The maximum Gasteiger partial charge on any atom is 0.358 e. The third-order valence-electron chi connectivity index (χ3n) is 2.70. The Kier molecular flexibility index (Phi) is 3.89. The van der Waals surface area contributed by atoms with Crippen molar-refractivity contribution in [3.8, 4) is 5.75 Å². The van der Waals surface area contributed by atoms with Crippen molar-refractivity contribution < 1.29 is 17.4 Å². The third-order valence-corrected chi connectivity index (χ3v) is 3.83. The maximum absolute atomic E-state index is 12.0. The van der Waals surface area contributed by atoms with E-state index in [9.17, 15) is 13.2 Å².